The van der Waals surface area contributed by atoms with Crippen LogP contribution < -0.4 is 0 Å². The van der Waals surface area contributed by atoms with Crippen molar-refractivity contribution in [2.24, 2.45) is 0 Å². The molecule has 1 atom stereocenters. The van der Waals surface area contributed by atoms with Crippen LogP contribution in [0.1, 0.15) is 77.0 Å². The molecule has 1 aromatic rings. The lowest BCUT2D eigenvalue weighted by atomic mass is 10.1. The van der Waals surface area contributed by atoms with Crippen molar-refractivity contribution in [2.75, 3.05) is 0 Å². The highest BCUT2D eigenvalue weighted by atomic mass is 79.9. The molecule has 0 fully saturated rings. The molecule has 0 aliphatic carbocycles. The van der Waals surface area contributed by atoms with Crippen molar-refractivity contribution in [2.45, 2.75) is 77.9 Å². The van der Waals surface area contributed by atoms with Crippen molar-refractivity contribution in [1.82, 2.24) is 9.78 Å². The van der Waals surface area contributed by atoms with Crippen LogP contribution in [0.2, 0.25) is 0 Å². The van der Waals surface area contributed by atoms with Gasteiger partial charge in [-0.05, 0) is 28.8 Å². The molecule has 3 nitrogen and oxygen atoms in total. The zero-order chi connectivity index (χ0) is 14.1. The van der Waals surface area contributed by atoms with Crippen LogP contribution in [0.25, 0.3) is 0 Å². The average Bonchev–Trinajstić information content (AvgIpc) is 2.75. The van der Waals surface area contributed by atoms with Gasteiger partial charge in [-0.25, -0.2) is 0 Å². The van der Waals surface area contributed by atoms with Crippen LogP contribution in [0.5, 0.6) is 0 Å². The Morgan fingerprint density at radius 1 is 1.16 bits per heavy atom. The maximum Gasteiger partial charge on any atom is 0.0968 e. The predicted molar refractivity (Wildman–Crippen MR) is 83.2 cm³/mol. The maximum absolute atomic E-state index is 10.3. The van der Waals surface area contributed by atoms with Crippen molar-refractivity contribution in [3.8, 4) is 0 Å². The highest BCUT2D eigenvalue weighted by molar-refractivity contribution is 9.10. The van der Waals surface area contributed by atoms with E-state index in [0.29, 0.717) is 0 Å². The predicted octanol–water partition coefficient (Wildman–Crippen LogP) is 4.84. The summed E-state index contributed by atoms with van der Waals surface area (Å²) in [6, 6.07) is 0. The number of aliphatic hydroxyl groups is 1. The van der Waals surface area contributed by atoms with Gasteiger partial charge in [-0.2, -0.15) is 5.10 Å². The molecule has 1 N–H and O–H groups in total. The zero-order valence-electron chi connectivity index (χ0n) is 12.2. The van der Waals surface area contributed by atoms with Gasteiger partial charge >= 0.3 is 0 Å². The third-order valence-corrected chi connectivity index (χ3v) is 4.03. The highest BCUT2D eigenvalue weighted by Crippen LogP contribution is 2.27. The van der Waals surface area contributed by atoms with Gasteiger partial charge in [-0.15, -0.1) is 0 Å². The molecule has 0 aromatic carbocycles. The third-order valence-electron chi connectivity index (χ3n) is 3.42. The van der Waals surface area contributed by atoms with Gasteiger partial charge in [0, 0.05) is 6.54 Å². The lowest BCUT2D eigenvalue weighted by Gasteiger charge is -2.13. The van der Waals surface area contributed by atoms with E-state index in [-0.39, 0.29) is 0 Å². The zero-order valence-corrected chi connectivity index (χ0v) is 13.8. The quantitative estimate of drug-likeness (QED) is 0.623. The number of hydrogen-bond donors (Lipinski definition) is 1. The van der Waals surface area contributed by atoms with Crippen molar-refractivity contribution < 1.29 is 5.11 Å². The number of rotatable bonds is 10. The minimum absolute atomic E-state index is 0.394. The summed E-state index contributed by atoms with van der Waals surface area (Å²) >= 11 is 3.49. The van der Waals surface area contributed by atoms with E-state index in [4.69, 9.17) is 0 Å². The Morgan fingerprint density at radius 3 is 2.53 bits per heavy atom. The summed E-state index contributed by atoms with van der Waals surface area (Å²) < 4.78 is 2.85. The molecule has 1 aromatic heterocycles. The normalized spacial score (nSPS) is 12.8. The molecule has 0 radical (unpaired) electrons. The van der Waals surface area contributed by atoms with Crippen molar-refractivity contribution in [3.63, 3.8) is 0 Å². The Hall–Kier alpha value is -0.350. The first-order valence-corrected chi connectivity index (χ1v) is 8.39. The average molecular weight is 331 g/mol. The van der Waals surface area contributed by atoms with E-state index in [1.807, 2.05) is 4.68 Å². The molecule has 1 unspecified atom stereocenters. The Morgan fingerprint density at radius 2 is 1.84 bits per heavy atom. The van der Waals surface area contributed by atoms with E-state index in [1.54, 1.807) is 6.20 Å². The van der Waals surface area contributed by atoms with Gasteiger partial charge in [-0.3, -0.25) is 4.68 Å². The fraction of sp³-hybridized carbons (Fsp3) is 0.800. The summed E-state index contributed by atoms with van der Waals surface area (Å²) in [5, 5.41) is 14.6. The van der Waals surface area contributed by atoms with Crippen molar-refractivity contribution in [3.05, 3.63) is 16.4 Å². The van der Waals surface area contributed by atoms with E-state index in [0.717, 1.165) is 36.0 Å². The summed E-state index contributed by atoms with van der Waals surface area (Å²) in [6.07, 6.45) is 10.8. The summed E-state index contributed by atoms with van der Waals surface area (Å²) in [4.78, 5) is 0. The minimum atomic E-state index is -0.394. The first-order chi connectivity index (χ1) is 9.20. The largest absolute Gasteiger partial charge is 0.387 e. The first kappa shape index (κ1) is 16.7. The van der Waals surface area contributed by atoms with E-state index >= 15 is 0 Å². The molecule has 0 saturated heterocycles. The number of aliphatic hydroxyl groups excluding tert-OH is 1. The molecule has 1 heterocycles. The van der Waals surface area contributed by atoms with Crippen LogP contribution in [-0.2, 0) is 6.54 Å². The molecule has 1 rings (SSSR count). The first-order valence-electron chi connectivity index (χ1n) is 7.60. The van der Waals surface area contributed by atoms with Crippen LogP contribution in [0.3, 0.4) is 0 Å². The number of aryl methyl sites for hydroxylation is 1. The minimum Gasteiger partial charge on any atom is -0.387 e. The van der Waals surface area contributed by atoms with Crippen LogP contribution in [0.4, 0.5) is 0 Å². The molecule has 110 valence electrons. The second kappa shape index (κ2) is 9.54. The molecule has 0 spiro atoms. The number of halogens is 1. The number of aromatic nitrogens is 2. The second-order valence-electron chi connectivity index (χ2n) is 5.17. The Bertz CT molecular complexity index is 352. The molecule has 0 saturated carbocycles. The van der Waals surface area contributed by atoms with Gasteiger partial charge < -0.3 is 5.11 Å². The molecular formula is C15H27BrN2O. The molecule has 0 aliphatic heterocycles. The standard InChI is InChI=1S/C15H27BrN2O/c1-3-5-6-7-8-9-10-14(19)15-13(16)12-17-18(15)11-4-2/h12,14,19H,3-11H2,1-2H3. The fourth-order valence-corrected chi connectivity index (χ4v) is 2.91. The summed E-state index contributed by atoms with van der Waals surface area (Å²) in [6.45, 7) is 5.23. The third kappa shape index (κ3) is 5.65. The van der Waals surface area contributed by atoms with E-state index in [2.05, 4.69) is 34.9 Å². The van der Waals surface area contributed by atoms with E-state index in [1.165, 1.54) is 32.1 Å². The lowest BCUT2D eigenvalue weighted by Crippen LogP contribution is -2.09. The second-order valence-corrected chi connectivity index (χ2v) is 6.03. The van der Waals surface area contributed by atoms with E-state index in [9.17, 15) is 5.11 Å². The highest BCUT2D eigenvalue weighted by Gasteiger charge is 2.16. The molecular weight excluding hydrogens is 304 g/mol. The van der Waals surface area contributed by atoms with Crippen LogP contribution >= 0.6 is 15.9 Å². The number of nitrogens with zero attached hydrogens (tertiary/aromatic N) is 2. The monoisotopic (exact) mass is 330 g/mol. The Labute approximate surface area is 125 Å². The van der Waals surface area contributed by atoms with Crippen LogP contribution in [-0.4, -0.2) is 14.9 Å². The SMILES string of the molecule is CCCCCCCCC(O)c1c(Br)cnn1CCC. The van der Waals surface area contributed by atoms with Gasteiger partial charge in [0.2, 0.25) is 0 Å². The van der Waals surface area contributed by atoms with Crippen LogP contribution in [0.15, 0.2) is 10.7 Å². The van der Waals surface area contributed by atoms with E-state index < -0.39 is 6.10 Å². The van der Waals surface area contributed by atoms with Gasteiger partial charge in [0.15, 0.2) is 0 Å². The molecule has 4 heteroatoms. The summed E-state index contributed by atoms with van der Waals surface area (Å²) in [7, 11) is 0. The molecule has 0 aliphatic rings. The smallest absolute Gasteiger partial charge is 0.0968 e. The Balaban J connectivity index is 2.36. The molecule has 0 bridgehead atoms. The van der Waals surface area contributed by atoms with Crippen molar-refractivity contribution >= 4 is 15.9 Å². The summed E-state index contributed by atoms with van der Waals surface area (Å²) in [5.74, 6) is 0. The maximum atomic E-state index is 10.3. The van der Waals surface area contributed by atoms with Gasteiger partial charge in [-0.1, -0.05) is 52.4 Å². The van der Waals surface area contributed by atoms with Gasteiger partial charge in [0.1, 0.15) is 0 Å². The van der Waals surface area contributed by atoms with Crippen LogP contribution in [0, 0.1) is 0 Å². The lowest BCUT2D eigenvalue weighted by molar-refractivity contribution is 0.151. The number of unbranched alkanes of at least 4 members (excludes halogenated alkanes) is 5. The summed E-state index contributed by atoms with van der Waals surface area (Å²) in [5.41, 5.74) is 0.940. The topological polar surface area (TPSA) is 38.1 Å². The number of hydrogen-bond acceptors (Lipinski definition) is 2. The van der Waals surface area contributed by atoms with Gasteiger partial charge in [0.25, 0.3) is 0 Å². The Kier molecular flexibility index (Phi) is 8.38. The van der Waals surface area contributed by atoms with Crippen molar-refractivity contribution in [1.29, 1.82) is 0 Å². The van der Waals surface area contributed by atoms with Gasteiger partial charge in [0.05, 0.1) is 22.5 Å². The molecule has 0 amide bonds. The molecule has 19 heavy (non-hydrogen) atoms. The fourth-order valence-electron chi connectivity index (χ4n) is 2.35.